The van der Waals surface area contributed by atoms with Crippen LogP contribution in [0.15, 0.2) is 106 Å². The maximum absolute atomic E-state index is 6.24. The second kappa shape index (κ2) is 12.0. The van der Waals surface area contributed by atoms with Gasteiger partial charge in [0.2, 0.25) is 0 Å². The summed E-state index contributed by atoms with van der Waals surface area (Å²) in [7, 11) is -0.711. The predicted octanol–water partition coefficient (Wildman–Crippen LogP) is 10.1. The van der Waals surface area contributed by atoms with Crippen LogP contribution < -0.4 is 10.9 Å². The van der Waals surface area contributed by atoms with Crippen molar-refractivity contribution in [1.82, 2.24) is 0 Å². The van der Waals surface area contributed by atoms with E-state index in [9.17, 15) is 0 Å². The van der Waals surface area contributed by atoms with Gasteiger partial charge in [-0.2, -0.15) is 0 Å². The van der Waals surface area contributed by atoms with E-state index in [1.807, 2.05) is 0 Å². The lowest BCUT2D eigenvalue weighted by Gasteiger charge is -2.32. The Bertz CT molecular complexity index is 2020. The Balaban J connectivity index is 0.000000190. The third-order valence-corrected chi connectivity index (χ3v) is 11.6. The number of halogens is 2. The lowest BCUT2D eigenvalue weighted by molar-refractivity contribution is 0.00578. The first-order valence-corrected chi connectivity index (χ1v) is 18.1. The molecule has 0 bridgehead atoms. The summed E-state index contributed by atoms with van der Waals surface area (Å²) < 4.78 is 27.2. The van der Waals surface area contributed by atoms with Gasteiger partial charge < -0.3 is 18.6 Å². The summed E-state index contributed by atoms with van der Waals surface area (Å²) in [4.78, 5) is 0. The molecule has 2 heterocycles. The molecule has 0 radical (unpaired) electrons. The molecule has 0 saturated carbocycles. The molecule has 244 valence electrons. The summed E-state index contributed by atoms with van der Waals surface area (Å²) in [5.41, 5.74) is 0.702. The lowest BCUT2D eigenvalue weighted by Crippen LogP contribution is -2.41. The number of hydrogen-bond donors (Lipinski definition) is 0. The van der Waals surface area contributed by atoms with Crippen LogP contribution in [0.25, 0.3) is 43.1 Å². The van der Waals surface area contributed by atoms with E-state index < -0.39 is 0 Å². The molecule has 8 rings (SSSR count). The Hall–Kier alpha value is -2.71. The van der Waals surface area contributed by atoms with Crippen LogP contribution in [-0.4, -0.2) is 36.6 Å². The Labute approximate surface area is 301 Å². The molecule has 0 unspecified atom stereocenters. The van der Waals surface area contributed by atoms with Gasteiger partial charge in [-0.25, -0.2) is 0 Å². The van der Waals surface area contributed by atoms with Crippen molar-refractivity contribution in [3.05, 3.63) is 106 Å². The zero-order valence-electron chi connectivity index (χ0n) is 28.8. The van der Waals surface area contributed by atoms with E-state index in [2.05, 4.69) is 184 Å². The number of hydrogen-bond acceptors (Lipinski definition) is 4. The monoisotopic (exact) mass is 764 g/mol. The highest BCUT2D eigenvalue weighted by Crippen LogP contribution is 2.38. The Morgan fingerprint density at radius 2 is 0.625 bits per heavy atom. The maximum Gasteiger partial charge on any atom is 0.494 e. The summed E-state index contributed by atoms with van der Waals surface area (Å²) in [5, 5.41) is 9.80. The van der Waals surface area contributed by atoms with Crippen LogP contribution in [-0.2, 0) is 18.6 Å². The Morgan fingerprint density at radius 1 is 0.354 bits per heavy atom. The van der Waals surface area contributed by atoms with Crippen LogP contribution in [0, 0.1) is 0 Å². The molecule has 6 aromatic rings. The van der Waals surface area contributed by atoms with Crippen LogP contribution in [0.3, 0.4) is 0 Å². The summed E-state index contributed by atoms with van der Waals surface area (Å²) in [6, 6.07) is 34.5. The van der Waals surface area contributed by atoms with Crippen molar-refractivity contribution in [2.45, 2.75) is 77.8 Å². The molecule has 2 aliphatic rings. The highest BCUT2D eigenvalue weighted by atomic mass is 79.9. The first-order valence-electron chi connectivity index (χ1n) is 16.5. The summed E-state index contributed by atoms with van der Waals surface area (Å²) >= 11 is 7.00. The smallest absolute Gasteiger partial charge is 0.399 e. The van der Waals surface area contributed by atoms with Crippen molar-refractivity contribution in [2.24, 2.45) is 0 Å². The fourth-order valence-electron chi connectivity index (χ4n) is 6.23. The van der Waals surface area contributed by atoms with Gasteiger partial charge in [-0.1, -0.05) is 80.4 Å². The van der Waals surface area contributed by atoms with Crippen LogP contribution in [0.4, 0.5) is 0 Å². The number of fused-ring (bicyclic) bond motifs is 4. The van der Waals surface area contributed by atoms with Gasteiger partial charge in [0.25, 0.3) is 0 Å². The van der Waals surface area contributed by atoms with E-state index in [4.69, 9.17) is 18.6 Å². The quantitative estimate of drug-likeness (QED) is 0.130. The van der Waals surface area contributed by atoms with Gasteiger partial charge in [0.15, 0.2) is 0 Å². The van der Waals surface area contributed by atoms with Crippen molar-refractivity contribution < 1.29 is 18.6 Å². The fourth-order valence-corrected chi connectivity index (χ4v) is 6.98. The van der Waals surface area contributed by atoms with Crippen molar-refractivity contribution in [3.8, 4) is 0 Å². The summed E-state index contributed by atoms with van der Waals surface area (Å²) in [5.74, 6) is 0. The SMILES string of the molecule is Brc1ccc2cc3cc(Br)ccc3cc2c1.CC1(C)OB(c2ccc3cc4cc(B5OC(C)(C)C(C)(C)O5)ccc4cc3c2)OC1(C)C. The van der Waals surface area contributed by atoms with Gasteiger partial charge in [-0.15, -0.1) is 0 Å². The molecule has 0 amide bonds. The molecule has 0 aliphatic carbocycles. The van der Waals surface area contributed by atoms with Gasteiger partial charge in [0.05, 0.1) is 22.4 Å². The van der Waals surface area contributed by atoms with Crippen LogP contribution >= 0.6 is 31.9 Å². The second-order valence-electron chi connectivity index (χ2n) is 15.1. The topological polar surface area (TPSA) is 36.9 Å². The predicted molar refractivity (Wildman–Crippen MR) is 210 cm³/mol. The molecular formula is C40H40B2Br2O4. The van der Waals surface area contributed by atoms with Gasteiger partial charge in [-0.05, 0) is 158 Å². The van der Waals surface area contributed by atoms with Crippen LogP contribution in [0.5, 0.6) is 0 Å². The van der Waals surface area contributed by atoms with E-state index in [0.29, 0.717) is 0 Å². The van der Waals surface area contributed by atoms with E-state index in [1.165, 1.54) is 43.1 Å². The molecule has 4 nitrogen and oxygen atoms in total. The highest BCUT2D eigenvalue weighted by molar-refractivity contribution is 9.10. The molecular weight excluding hydrogens is 726 g/mol. The van der Waals surface area contributed by atoms with E-state index in [-0.39, 0.29) is 36.6 Å². The number of benzene rings is 6. The molecule has 8 heteroatoms. The Kier molecular flexibility index (Phi) is 8.42. The zero-order valence-corrected chi connectivity index (χ0v) is 32.0. The van der Waals surface area contributed by atoms with E-state index in [1.54, 1.807) is 0 Å². The standard InChI is InChI=1S/C26H32B2O4.C14H8Br2/c1-23(2)24(3,4)30-27(29-23)21-11-9-17-14-20-16-22(12-10-18(20)13-19(17)15-21)28-31-25(5,6)26(7,8)32-28;15-13-3-1-9-5-12-8-14(16)4-2-10(12)6-11(9)7-13/h9-16H,1-8H3;1-8H. The molecule has 6 aromatic carbocycles. The van der Waals surface area contributed by atoms with Crippen molar-refractivity contribution in [1.29, 1.82) is 0 Å². The van der Waals surface area contributed by atoms with Gasteiger partial charge >= 0.3 is 14.2 Å². The van der Waals surface area contributed by atoms with Crippen molar-refractivity contribution >= 4 is 100 Å². The molecule has 0 atom stereocenters. The first-order chi connectivity index (χ1) is 22.5. The van der Waals surface area contributed by atoms with Crippen LogP contribution in [0.2, 0.25) is 0 Å². The maximum atomic E-state index is 6.24. The molecule has 48 heavy (non-hydrogen) atoms. The highest BCUT2D eigenvalue weighted by Gasteiger charge is 2.52. The van der Waals surface area contributed by atoms with Crippen molar-refractivity contribution in [2.75, 3.05) is 0 Å². The third kappa shape index (κ3) is 6.25. The van der Waals surface area contributed by atoms with Crippen LogP contribution in [0.1, 0.15) is 55.4 Å². The Morgan fingerprint density at radius 3 is 0.938 bits per heavy atom. The third-order valence-electron chi connectivity index (χ3n) is 10.6. The normalized spacial score (nSPS) is 19.3. The van der Waals surface area contributed by atoms with E-state index in [0.717, 1.165) is 19.9 Å². The molecule has 0 aromatic heterocycles. The molecule has 0 spiro atoms. The van der Waals surface area contributed by atoms with Gasteiger partial charge in [0.1, 0.15) is 0 Å². The summed E-state index contributed by atoms with van der Waals surface area (Å²) in [6.07, 6.45) is 0. The molecule has 2 aliphatic heterocycles. The molecule has 2 saturated heterocycles. The zero-order chi connectivity index (χ0) is 34.2. The summed E-state index contributed by atoms with van der Waals surface area (Å²) in [6.45, 7) is 16.7. The largest absolute Gasteiger partial charge is 0.494 e. The lowest BCUT2D eigenvalue weighted by atomic mass is 9.77. The van der Waals surface area contributed by atoms with Gasteiger partial charge in [0, 0.05) is 8.95 Å². The molecule has 2 fully saturated rings. The minimum atomic E-state index is -0.356. The minimum absolute atomic E-state index is 0.347. The second-order valence-corrected chi connectivity index (χ2v) is 16.9. The average Bonchev–Trinajstić information content (AvgIpc) is 3.38. The fraction of sp³-hybridized carbons (Fsp3) is 0.300. The van der Waals surface area contributed by atoms with E-state index >= 15 is 0 Å². The van der Waals surface area contributed by atoms with Gasteiger partial charge in [-0.3, -0.25) is 0 Å². The molecule has 0 N–H and O–H groups in total. The first kappa shape index (κ1) is 33.8. The minimum Gasteiger partial charge on any atom is -0.399 e. The number of rotatable bonds is 2. The van der Waals surface area contributed by atoms with Crippen molar-refractivity contribution in [3.63, 3.8) is 0 Å². The average molecular weight is 766 g/mol.